The molecule has 1 fully saturated rings. The molecule has 0 saturated carbocycles. The molecule has 0 radical (unpaired) electrons. The minimum Gasteiger partial charge on any atom is -0.392 e. The molecule has 2 aromatic rings. The highest BCUT2D eigenvalue weighted by atomic mass is 32.1. The van der Waals surface area contributed by atoms with Gasteiger partial charge in [-0.15, -0.1) is 22.7 Å². The number of aromatic nitrogens is 1. The van der Waals surface area contributed by atoms with Crippen LogP contribution in [0, 0.1) is 0 Å². The van der Waals surface area contributed by atoms with Crippen LogP contribution in [0.1, 0.15) is 31.1 Å². The van der Waals surface area contributed by atoms with Crippen LogP contribution in [0.3, 0.4) is 0 Å². The zero-order valence-corrected chi connectivity index (χ0v) is 13.3. The van der Waals surface area contributed by atoms with E-state index in [0.717, 1.165) is 24.5 Å². The summed E-state index contributed by atoms with van der Waals surface area (Å²) in [5, 5.41) is 13.1. The summed E-state index contributed by atoms with van der Waals surface area (Å²) in [6, 6.07) is 4.48. The van der Waals surface area contributed by atoms with Crippen molar-refractivity contribution in [3.63, 3.8) is 0 Å². The van der Waals surface area contributed by atoms with E-state index >= 15 is 0 Å². The highest BCUT2D eigenvalue weighted by Crippen LogP contribution is 2.30. The van der Waals surface area contributed by atoms with Crippen molar-refractivity contribution in [1.29, 1.82) is 0 Å². The highest BCUT2D eigenvalue weighted by molar-refractivity contribution is 7.20. The van der Waals surface area contributed by atoms with Crippen molar-refractivity contribution >= 4 is 22.7 Å². The van der Waals surface area contributed by atoms with Gasteiger partial charge in [0.25, 0.3) is 0 Å². The average molecular weight is 308 g/mol. The number of thiophene rings is 1. The largest absolute Gasteiger partial charge is 0.392 e. The van der Waals surface area contributed by atoms with Gasteiger partial charge in [-0.3, -0.25) is 4.90 Å². The number of piperidine rings is 1. The van der Waals surface area contributed by atoms with E-state index in [-0.39, 0.29) is 6.10 Å². The number of nitrogens with zero attached hydrogens (tertiary/aromatic N) is 2. The first kappa shape index (κ1) is 14.2. The van der Waals surface area contributed by atoms with E-state index < -0.39 is 0 Å². The van der Waals surface area contributed by atoms with E-state index in [2.05, 4.69) is 27.4 Å². The quantitative estimate of drug-likeness (QED) is 0.937. The minimum absolute atomic E-state index is 0.250. The smallest absolute Gasteiger partial charge is 0.133 e. The Kier molecular flexibility index (Phi) is 4.51. The lowest BCUT2D eigenvalue weighted by atomic mass is 9.98. The van der Waals surface area contributed by atoms with E-state index in [9.17, 15) is 5.11 Å². The second-order valence-corrected chi connectivity index (χ2v) is 7.45. The number of likely N-dealkylation sites (tertiary alicyclic amines) is 1. The fourth-order valence-corrected chi connectivity index (χ4v) is 4.60. The molecule has 1 aliphatic rings. The predicted molar refractivity (Wildman–Crippen MR) is 85.2 cm³/mol. The number of hydrogen-bond acceptors (Lipinski definition) is 5. The molecule has 1 aliphatic heterocycles. The molecule has 1 N–H and O–H groups in total. The Balaban J connectivity index is 1.71. The first-order valence-corrected chi connectivity index (χ1v) is 8.84. The Labute approximate surface area is 127 Å². The van der Waals surface area contributed by atoms with Gasteiger partial charge in [-0.05, 0) is 37.8 Å². The third-order valence-electron chi connectivity index (χ3n) is 3.87. The van der Waals surface area contributed by atoms with E-state index in [1.165, 1.54) is 22.6 Å². The lowest BCUT2D eigenvalue weighted by Crippen LogP contribution is -2.45. The standard InChI is InChI=1S/C15H20N2OS2/c1-11(18)13-5-2-3-7-17(13)10-12-9-16-15(20-12)14-6-4-8-19-14/h4,6,8-9,11,13,18H,2-3,5,7,10H2,1H3. The second-order valence-electron chi connectivity index (χ2n) is 5.38. The van der Waals surface area contributed by atoms with E-state index in [1.54, 1.807) is 22.7 Å². The normalized spacial score (nSPS) is 22.0. The summed E-state index contributed by atoms with van der Waals surface area (Å²) in [6.07, 6.45) is 5.32. The molecule has 108 valence electrons. The van der Waals surface area contributed by atoms with Gasteiger partial charge in [0.1, 0.15) is 5.01 Å². The zero-order chi connectivity index (χ0) is 13.9. The number of rotatable bonds is 4. The van der Waals surface area contributed by atoms with Gasteiger partial charge < -0.3 is 5.11 Å². The first-order chi connectivity index (χ1) is 9.74. The van der Waals surface area contributed by atoms with Crippen LogP contribution in [0.4, 0.5) is 0 Å². The van der Waals surface area contributed by atoms with Gasteiger partial charge >= 0.3 is 0 Å². The maximum absolute atomic E-state index is 9.93. The van der Waals surface area contributed by atoms with Crippen LogP contribution in [0.2, 0.25) is 0 Å². The van der Waals surface area contributed by atoms with Crippen LogP contribution in [-0.2, 0) is 6.54 Å². The van der Waals surface area contributed by atoms with E-state index in [0.29, 0.717) is 6.04 Å². The summed E-state index contributed by atoms with van der Waals surface area (Å²) >= 11 is 3.51. The Morgan fingerprint density at radius 3 is 3.15 bits per heavy atom. The monoisotopic (exact) mass is 308 g/mol. The molecule has 3 heterocycles. The number of aliphatic hydroxyl groups excluding tert-OH is 1. The fraction of sp³-hybridized carbons (Fsp3) is 0.533. The number of hydrogen-bond donors (Lipinski definition) is 1. The van der Waals surface area contributed by atoms with Crippen LogP contribution in [0.25, 0.3) is 9.88 Å². The lowest BCUT2D eigenvalue weighted by Gasteiger charge is -2.37. The molecule has 5 heteroatoms. The third-order valence-corrected chi connectivity index (χ3v) is 5.89. The molecule has 20 heavy (non-hydrogen) atoms. The van der Waals surface area contributed by atoms with Crippen LogP contribution >= 0.6 is 22.7 Å². The molecule has 2 aromatic heterocycles. The molecule has 3 rings (SSSR count). The summed E-state index contributed by atoms with van der Waals surface area (Å²) < 4.78 is 0. The Bertz CT molecular complexity index is 536. The average Bonchev–Trinajstić information content (AvgIpc) is 3.09. The second kappa shape index (κ2) is 6.35. The van der Waals surface area contributed by atoms with Crippen LogP contribution in [-0.4, -0.2) is 33.7 Å². The van der Waals surface area contributed by atoms with Crippen molar-refractivity contribution in [3.05, 3.63) is 28.6 Å². The molecule has 0 bridgehead atoms. The summed E-state index contributed by atoms with van der Waals surface area (Å²) in [4.78, 5) is 9.49. The summed E-state index contributed by atoms with van der Waals surface area (Å²) in [6.45, 7) is 3.91. The molecule has 2 atom stereocenters. The maximum atomic E-state index is 9.93. The van der Waals surface area contributed by atoms with Crippen molar-refractivity contribution in [2.75, 3.05) is 6.54 Å². The first-order valence-electron chi connectivity index (χ1n) is 7.15. The minimum atomic E-state index is -0.250. The molecule has 0 aromatic carbocycles. The molecule has 0 aliphatic carbocycles. The van der Waals surface area contributed by atoms with Crippen molar-refractivity contribution in [1.82, 2.24) is 9.88 Å². The van der Waals surface area contributed by atoms with Crippen LogP contribution in [0.5, 0.6) is 0 Å². The van der Waals surface area contributed by atoms with Gasteiger partial charge in [0.15, 0.2) is 0 Å². The molecule has 0 amide bonds. The summed E-state index contributed by atoms with van der Waals surface area (Å²) in [5.74, 6) is 0. The maximum Gasteiger partial charge on any atom is 0.133 e. The highest BCUT2D eigenvalue weighted by Gasteiger charge is 2.26. The Hall–Kier alpha value is -0.750. The van der Waals surface area contributed by atoms with Gasteiger partial charge in [0.05, 0.1) is 11.0 Å². The molecule has 2 unspecified atom stereocenters. The zero-order valence-electron chi connectivity index (χ0n) is 11.7. The van der Waals surface area contributed by atoms with E-state index in [4.69, 9.17) is 0 Å². The Morgan fingerprint density at radius 1 is 1.50 bits per heavy atom. The molecular weight excluding hydrogens is 288 g/mol. The molecule has 1 saturated heterocycles. The van der Waals surface area contributed by atoms with Gasteiger partial charge in [-0.2, -0.15) is 0 Å². The molecule has 3 nitrogen and oxygen atoms in total. The summed E-state index contributed by atoms with van der Waals surface area (Å²) in [5.41, 5.74) is 0. The van der Waals surface area contributed by atoms with Crippen molar-refractivity contribution in [3.8, 4) is 9.88 Å². The third kappa shape index (κ3) is 3.11. The van der Waals surface area contributed by atoms with Gasteiger partial charge in [-0.1, -0.05) is 12.5 Å². The fourth-order valence-electron chi connectivity index (χ4n) is 2.85. The van der Waals surface area contributed by atoms with E-state index in [1.807, 2.05) is 13.1 Å². The summed E-state index contributed by atoms with van der Waals surface area (Å²) in [7, 11) is 0. The van der Waals surface area contributed by atoms with Gasteiger partial charge in [0, 0.05) is 23.7 Å². The van der Waals surface area contributed by atoms with Crippen molar-refractivity contribution in [2.24, 2.45) is 0 Å². The van der Waals surface area contributed by atoms with Gasteiger partial charge in [0.2, 0.25) is 0 Å². The number of aliphatic hydroxyl groups is 1. The molecular formula is C15H20N2OS2. The SMILES string of the molecule is CC(O)C1CCCCN1Cc1cnc(-c2cccs2)s1. The van der Waals surface area contributed by atoms with Crippen LogP contribution in [0.15, 0.2) is 23.7 Å². The topological polar surface area (TPSA) is 36.4 Å². The Morgan fingerprint density at radius 2 is 2.40 bits per heavy atom. The van der Waals surface area contributed by atoms with Crippen LogP contribution < -0.4 is 0 Å². The van der Waals surface area contributed by atoms with Gasteiger partial charge in [-0.25, -0.2) is 4.98 Å². The lowest BCUT2D eigenvalue weighted by molar-refractivity contribution is 0.0322. The molecule has 0 spiro atoms. The number of thiazole rings is 1. The van der Waals surface area contributed by atoms with Crippen molar-refractivity contribution < 1.29 is 5.11 Å². The predicted octanol–water partition coefficient (Wildman–Crippen LogP) is 3.61. The van der Waals surface area contributed by atoms with Crippen molar-refractivity contribution in [2.45, 2.75) is 44.9 Å².